The second-order valence-corrected chi connectivity index (χ2v) is 9.76. The van der Waals surface area contributed by atoms with Crippen molar-refractivity contribution in [2.75, 3.05) is 6.61 Å². The predicted octanol–water partition coefficient (Wildman–Crippen LogP) is 5.53. The van der Waals surface area contributed by atoms with Crippen LogP contribution in [-0.4, -0.2) is 39.4 Å². The van der Waals surface area contributed by atoms with Gasteiger partial charge in [0.25, 0.3) is 11.7 Å². The number of carbonyl (C=O) groups is 2. The van der Waals surface area contributed by atoms with E-state index >= 15 is 0 Å². The lowest BCUT2D eigenvalue weighted by Crippen LogP contribution is -2.29. The zero-order chi connectivity index (χ0) is 26.5. The molecule has 1 aliphatic heterocycles. The number of aliphatic hydroxyl groups excluding tert-OH is 1. The van der Waals surface area contributed by atoms with Crippen molar-refractivity contribution in [2.45, 2.75) is 46.4 Å². The van der Waals surface area contributed by atoms with Gasteiger partial charge in [-0.05, 0) is 61.2 Å². The molecule has 0 bridgehead atoms. The molecular weight excluding hydrogens is 468 g/mol. The SMILES string of the molecule is CC(C)COc1cccc(C2/C(=C(/O)c3cccc(OC(C)C)c3)C(=O)C(=O)N2Cc2cccnc2)c1. The number of ether oxygens (including phenoxy) is 2. The maximum Gasteiger partial charge on any atom is 0.295 e. The first-order chi connectivity index (χ1) is 17.7. The summed E-state index contributed by atoms with van der Waals surface area (Å²) in [7, 11) is 0. The number of aliphatic hydroxyl groups is 1. The molecule has 1 aromatic heterocycles. The number of pyridine rings is 1. The minimum atomic E-state index is -0.808. The number of Topliss-reactive ketones (excluding diaryl/α,β-unsaturated/α-hetero) is 1. The zero-order valence-corrected chi connectivity index (χ0v) is 21.5. The summed E-state index contributed by atoms with van der Waals surface area (Å²) in [6, 6.07) is 17.0. The third-order valence-electron chi connectivity index (χ3n) is 5.85. The first-order valence-corrected chi connectivity index (χ1v) is 12.4. The lowest BCUT2D eigenvalue weighted by Gasteiger charge is -2.26. The van der Waals surface area contributed by atoms with Gasteiger partial charge in [0.15, 0.2) is 0 Å². The van der Waals surface area contributed by atoms with Crippen LogP contribution in [0, 0.1) is 5.92 Å². The van der Waals surface area contributed by atoms with Crippen LogP contribution in [0.4, 0.5) is 0 Å². The number of hydrogen-bond acceptors (Lipinski definition) is 6. The molecule has 1 unspecified atom stereocenters. The molecule has 7 heteroatoms. The fraction of sp³-hybridized carbons (Fsp3) is 0.300. The highest BCUT2D eigenvalue weighted by Gasteiger charge is 2.46. The predicted molar refractivity (Wildman–Crippen MR) is 141 cm³/mol. The normalized spacial score (nSPS) is 17.0. The first kappa shape index (κ1) is 25.9. The molecule has 0 spiro atoms. The van der Waals surface area contributed by atoms with Gasteiger partial charge >= 0.3 is 0 Å². The van der Waals surface area contributed by atoms with E-state index in [4.69, 9.17) is 9.47 Å². The summed E-state index contributed by atoms with van der Waals surface area (Å²) in [6.45, 7) is 8.62. The van der Waals surface area contributed by atoms with E-state index in [2.05, 4.69) is 18.8 Å². The van der Waals surface area contributed by atoms with Gasteiger partial charge in [-0.2, -0.15) is 0 Å². The molecule has 1 N–H and O–H groups in total. The Hall–Kier alpha value is -4.13. The van der Waals surface area contributed by atoms with Crippen LogP contribution >= 0.6 is 0 Å². The van der Waals surface area contributed by atoms with Gasteiger partial charge in [-0.25, -0.2) is 0 Å². The average molecular weight is 501 g/mol. The van der Waals surface area contributed by atoms with Crippen LogP contribution in [-0.2, 0) is 16.1 Å². The van der Waals surface area contributed by atoms with E-state index < -0.39 is 17.7 Å². The summed E-state index contributed by atoms with van der Waals surface area (Å²) in [5, 5.41) is 11.4. The molecule has 1 saturated heterocycles. The van der Waals surface area contributed by atoms with Gasteiger partial charge in [-0.3, -0.25) is 14.6 Å². The lowest BCUT2D eigenvalue weighted by molar-refractivity contribution is -0.140. The quantitative estimate of drug-likeness (QED) is 0.236. The van der Waals surface area contributed by atoms with Gasteiger partial charge < -0.3 is 19.5 Å². The second-order valence-electron chi connectivity index (χ2n) is 9.76. The van der Waals surface area contributed by atoms with Crippen molar-refractivity contribution in [2.24, 2.45) is 5.92 Å². The van der Waals surface area contributed by atoms with Crippen molar-refractivity contribution < 1.29 is 24.2 Å². The van der Waals surface area contributed by atoms with E-state index in [1.54, 1.807) is 42.7 Å². The van der Waals surface area contributed by atoms with E-state index in [0.29, 0.717) is 35.2 Å². The number of ketones is 1. The Labute approximate surface area is 217 Å². The van der Waals surface area contributed by atoms with Gasteiger partial charge in [0.2, 0.25) is 0 Å². The Morgan fingerprint density at radius 2 is 1.76 bits per heavy atom. The number of likely N-dealkylation sites (tertiary alicyclic amines) is 1. The summed E-state index contributed by atoms with van der Waals surface area (Å²) in [4.78, 5) is 32.3. The molecule has 3 aromatic rings. The molecule has 37 heavy (non-hydrogen) atoms. The van der Waals surface area contributed by atoms with E-state index in [1.807, 2.05) is 44.2 Å². The van der Waals surface area contributed by atoms with Crippen molar-refractivity contribution in [1.29, 1.82) is 0 Å². The van der Waals surface area contributed by atoms with Crippen molar-refractivity contribution in [3.05, 3.63) is 95.3 Å². The molecular formula is C30H32N2O5. The van der Waals surface area contributed by atoms with Crippen LogP contribution in [0.1, 0.15) is 50.4 Å². The monoisotopic (exact) mass is 500 g/mol. The second kappa shape index (κ2) is 11.3. The largest absolute Gasteiger partial charge is 0.507 e. The number of benzene rings is 2. The van der Waals surface area contributed by atoms with Crippen molar-refractivity contribution in [3.63, 3.8) is 0 Å². The van der Waals surface area contributed by atoms with Crippen LogP contribution in [0.25, 0.3) is 5.76 Å². The molecule has 1 atom stereocenters. The standard InChI is InChI=1S/C30H32N2O5/c1-19(2)18-36-24-11-5-9-22(14-24)27-26(28(33)23-10-6-12-25(15-23)37-20(3)4)29(34)30(35)32(27)17-21-8-7-13-31-16-21/h5-16,19-20,27,33H,17-18H2,1-4H3/b28-26-. The molecule has 7 nitrogen and oxygen atoms in total. The molecule has 0 aliphatic carbocycles. The van der Waals surface area contributed by atoms with E-state index in [9.17, 15) is 14.7 Å². The maximum absolute atomic E-state index is 13.4. The fourth-order valence-electron chi connectivity index (χ4n) is 4.26. The molecule has 2 heterocycles. The van der Waals surface area contributed by atoms with Gasteiger partial charge in [-0.15, -0.1) is 0 Å². The number of aromatic nitrogens is 1. The smallest absolute Gasteiger partial charge is 0.295 e. The number of carbonyl (C=O) groups excluding carboxylic acids is 2. The summed E-state index contributed by atoms with van der Waals surface area (Å²) in [5.41, 5.74) is 1.86. The fourth-order valence-corrected chi connectivity index (χ4v) is 4.26. The summed E-state index contributed by atoms with van der Waals surface area (Å²) in [6.07, 6.45) is 3.25. The third-order valence-corrected chi connectivity index (χ3v) is 5.85. The van der Waals surface area contributed by atoms with E-state index in [-0.39, 0.29) is 24.0 Å². The number of rotatable bonds is 9. The minimum Gasteiger partial charge on any atom is -0.507 e. The zero-order valence-electron chi connectivity index (χ0n) is 21.5. The highest BCUT2D eigenvalue weighted by atomic mass is 16.5. The Morgan fingerprint density at radius 1 is 1.00 bits per heavy atom. The lowest BCUT2D eigenvalue weighted by atomic mass is 9.95. The maximum atomic E-state index is 13.4. The van der Waals surface area contributed by atoms with Crippen LogP contribution in [0.2, 0.25) is 0 Å². The Bertz CT molecular complexity index is 1300. The molecule has 1 fully saturated rings. The number of amides is 1. The molecule has 4 rings (SSSR count). The topological polar surface area (TPSA) is 89.0 Å². The van der Waals surface area contributed by atoms with E-state index in [0.717, 1.165) is 5.56 Å². The van der Waals surface area contributed by atoms with Gasteiger partial charge in [-0.1, -0.05) is 44.2 Å². The molecule has 192 valence electrons. The Balaban J connectivity index is 1.82. The molecule has 0 saturated carbocycles. The first-order valence-electron chi connectivity index (χ1n) is 12.4. The highest BCUT2D eigenvalue weighted by molar-refractivity contribution is 6.46. The van der Waals surface area contributed by atoms with Crippen LogP contribution in [0.3, 0.4) is 0 Å². The number of hydrogen-bond donors (Lipinski definition) is 1. The van der Waals surface area contributed by atoms with E-state index in [1.165, 1.54) is 4.90 Å². The Morgan fingerprint density at radius 3 is 2.46 bits per heavy atom. The summed E-state index contributed by atoms with van der Waals surface area (Å²) in [5.74, 6) is -0.150. The molecule has 1 amide bonds. The minimum absolute atomic E-state index is 0.0246. The number of nitrogens with zero attached hydrogens (tertiary/aromatic N) is 2. The molecule has 0 radical (unpaired) electrons. The summed E-state index contributed by atoms with van der Waals surface area (Å²) < 4.78 is 11.7. The molecule has 1 aliphatic rings. The van der Waals surface area contributed by atoms with Crippen molar-refractivity contribution >= 4 is 17.4 Å². The average Bonchev–Trinajstić information content (AvgIpc) is 3.12. The van der Waals surface area contributed by atoms with Crippen LogP contribution in [0.15, 0.2) is 78.6 Å². The van der Waals surface area contributed by atoms with Crippen LogP contribution in [0.5, 0.6) is 11.5 Å². The van der Waals surface area contributed by atoms with Crippen molar-refractivity contribution in [3.8, 4) is 11.5 Å². The van der Waals surface area contributed by atoms with Gasteiger partial charge in [0, 0.05) is 24.5 Å². The Kier molecular flexibility index (Phi) is 7.92. The van der Waals surface area contributed by atoms with Crippen LogP contribution < -0.4 is 9.47 Å². The van der Waals surface area contributed by atoms with Gasteiger partial charge in [0.1, 0.15) is 17.3 Å². The van der Waals surface area contributed by atoms with Crippen molar-refractivity contribution in [1.82, 2.24) is 9.88 Å². The third kappa shape index (κ3) is 6.00. The highest BCUT2D eigenvalue weighted by Crippen LogP contribution is 2.41. The van der Waals surface area contributed by atoms with Gasteiger partial charge in [0.05, 0.1) is 24.3 Å². The summed E-state index contributed by atoms with van der Waals surface area (Å²) >= 11 is 0. The molecule has 2 aromatic carbocycles.